The van der Waals surface area contributed by atoms with Crippen LogP contribution in [0.1, 0.15) is 50.8 Å². The minimum absolute atomic E-state index is 0. The van der Waals surface area contributed by atoms with Crippen molar-refractivity contribution < 1.29 is 4.79 Å². The van der Waals surface area contributed by atoms with Gasteiger partial charge in [0.1, 0.15) is 5.82 Å². The Morgan fingerprint density at radius 3 is 2.56 bits per heavy atom. The summed E-state index contributed by atoms with van der Waals surface area (Å²) >= 11 is 0. The Labute approximate surface area is 154 Å². The first-order valence-corrected chi connectivity index (χ1v) is 8.76. The average Bonchev–Trinajstić information content (AvgIpc) is 3.11. The minimum Gasteiger partial charge on any atom is -0.326 e. The summed E-state index contributed by atoms with van der Waals surface area (Å²) in [5.41, 5.74) is 7.22. The van der Waals surface area contributed by atoms with Crippen molar-refractivity contribution in [2.45, 2.75) is 51.5 Å². The van der Waals surface area contributed by atoms with Gasteiger partial charge in [0, 0.05) is 17.7 Å². The number of aromatic amines is 1. The van der Waals surface area contributed by atoms with Crippen LogP contribution in [-0.4, -0.2) is 21.1 Å². The molecule has 0 radical (unpaired) electrons. The van der Waals surface area contributed by atoms with Gasteiger partial charge in [-0.3, -0.25) is 9.89 Å². The second-order valence-electron chi connectivity index (χ2n) is 6.48. The number of H-pyrrole nitrogens is 1. The van der Waals surface area contributed by atoms with Gasteiger partial charge in [0.2, 0.25) is 5.91 Å². The van der Waals surface area contributed by atoms with E-state index in [4.69, 9.17) is 5.73 Å². The van der Waals surface area contributed by atoms with Crippen LogP contribution in [0.15, 0.2) is 24.3 Å². The fraction of sp³-hybridized carbons (Fsp3) is 0.500. The van der Waals surface area contributed by atoms with E-state index < -0.39 is 0 Å². The van der Waals surface area contributed by atoms with Gasteiger partial charge in [-0.15, -0.1) is 12.4 Å². The quantitative estimate of drug-likeness (QED) is 0.729. The van der Waals surface area contributed by atoms with E-state index in [9.17, 15) is 4.79 Å². The molecule has 1 aromatic heterocycles. The lowest BCUT2D eigenvalue weighted by atomic mass is 9.86. The topological polar surface area (TPSA) is 96.7 Å². The smallest absolute Gasteiger partial charge is 0.224 e. The largest absolute Gasteiger partial charge is 0.326 e. The predicted molar refractivity (Wildman–Crippen MR) is 101 cm³/mol. The van der Waals surface area contributed by atoms with Crippen LogP contribution in [0, 0.1) is 5.92 Å². The highest BCUT2D eigenvalue weighted by Crippen LogP contribution is 2.27. The Kier molecular flexibility index (Phi) is 7.40. The van der Waals surface area contributed by atoms with E-state index >= 15 is 0 Å². The molecular formula is C18H26ClN5O. The molecule has 0 spiro atoms. The lowest BCUT2D eigenvalue weighted by Crippen LogP contribution is -2.14. The van der Waals surface area contributed by atoms with E-state index in [1.807, 2.05) is 24.3 Å². The number of nitrogens with zero attached hydrogens (tertiary/aromatic N) is 2. The third kappa shape index (κ3) is 5.54. The molecule has 0 aliphatic heterocycles. The van der Waals surface area contributed by atoms with Crippen LogP contribution in [0.25, 0.3) is 11.4 Å². The summed E-state index contributed by atoms with van der Waals surface area (Å²) in [5.74, 6) is 2.10. The van der Waals surface area contributed by atoms with Gasteiger partial charge in [-0.25, -0.2) is 4.98 Å². The van der Waals surface area contributed by atoms with Gasteiger partial charge in [-0.2, -0.15) is 5.10 Å². The van der Waals surface area contributed by atoms with Gasteiger partial charge in [-0.05, 0) is 36.6 Å². The van der Waals surface area contributed by atoms with Crippen molar-refractivity contribution in [3.63, 3.8) is 0 Å². The molecule has 1 aromatic carbocycles. The van der Waals surface area contributed by atoms with E-state index in [1.54, 1.807) is 0 Å². The number of carbonyl (C=O) groups is 1. The fourth-order valence-corrected chi connectivity index (χ4v) is 3.25. The summed E-state index contributed by atoms with van der Waals surface area (Å²) in [6, 6.07) is 7.57. The van der Waals surface area contributed by atoms with Gasteiger partial charge in [0.25, 0.3) is 0 Å². The highest BCUT2D eigenvalue weighted by Gasteiger charge is 2.15. The van der Waals surface area contributed by atoms with Gasteiger partial charge in [-0.1, -0.05) is 32.1 Å². The number of hydrogen-bond donors (Lipinski definition) is 3. The number of aromatic nitrogens is 3. The molecule has 0 atom stereocenters. The first-order chi connectivity index (χ1) is 11.7. The van der Waals surface area contributed by atoms with Crippen LogP contribution in [0.2, 0.25) is 0 Å². The molecule has 1 amide bonds. The summed E-state index contributed by atoms with van der Waals surface area (Å²) in [6.45, 7) is 0.335. The number of nitrogens with one attached hydrogen (secondary N) is 2. The van der Waals surface area contributed by atoms with Crippen molar-refractivity contribution in [2.24, 2.45) is 11.7 Å². The Hall–Kier alpha value is -1.92. The summed E-state index contributed by atoms with van der Waals surface area (Å²) in [4.78, 5) is 16.4. The van der Waals surface area contributed by atoms with Crippen molar-refractivity contribution in [3.05, 3.63) is 30.1 Å². The zero-order chi connectivity index (χ0) is 16.8. The van der Waals surface area contributed by atoms with E-state index in [1.165, 1.54) is 32.1 Å². The lowest BCUT2D eigenvalue weighted by Gasteiger charge is -2.20. The average molecular weight is 364 g/mol. The second kappa shape index (κ2) is 9.53. The van der Waals surface area contributed by atoms with Crippen molar-refractivity contribution in [1.29, 1.82) is 0 Å². The monoisotopic (exact) mass is 363 g/mol. The molecule has 1 aliphatic rings. The number of halogens is 1. The zero-order valence-corrected chi connectivity index (χ0v) is 15.1. The molecule has 1 heterocycles. The van der Waals surface area contributed by atoms with E-state index in [2.05, 4.69) is 20.5 Å². The molecular weight excluding hydrogens is 338 g/mol. The number of amides is 1. The second-order valence-corrected chi connectivity index (χ2v) is 6.48. The Morgan fingerprint density at radius 1 is 1.20 bits per heavy atom. The maximum atomic E-state index is 12.1. The van der Waals surface area contributed by atoms with Crippen LogP contribution < -0.4 is 11.1 Å². The van der Waals surface area contributed by atoms with Gasteiger partial charge in [0.15, 0.2) is 5.82 Å². The molecule has 1 fully saturated rings. The Balaban J connectivity index is 0.00000225. The Morgan fingerprint density at radius 2 is 1.92 bits per heavy atom. The molecule has 0 saturated heterocycles. The highest BCUT2D eigenvalue weighted by atomic mass is 35.5. The summed E-state index contributed by atoms with van der Waals surface area (Å²) < 4.78 is 0. The molecule has 3 rings (SSSR count). The minimum atomic E-state index is 0. The van der Waals surface area contributed by atoms with Crippen LogP contribution in [0.3, 0.4) is 0 Å². The van der Waals surface area contributed by atoms with Crippen molar-refractivity contribution in [1.82, 2.24) is 15.2 Å². The number of rotatable bonds is 6. The maximum absolute atomic E-state index is 12.1. The molecule has 4 N–H and O–H groups in total. The van der Waals surface area contributed by atoms with Crippen molar-refractivity contribution >= 4 is 24.0 Å². The number of nitrogens with two attached hydrogens (primary N) is 1. The highest BCUT2D eigenvalue weighted by molar-refractivity contribution is 5.90. The molecule has 1 saturated carbocycles. The fourth-order valence-electron chi connectivity index (χ4n) is 3.25. The van der Waals surface area contributed by atoms with Crippen LogP contribution in [0.4, 0.5) is 5.69 Å². The molecule has 6 nitrogen and oxygen atoms in total. The van der Waals surface area contributed by atoms with Crippen LogP contribution in [0.5, 0.6) is 0 Å². The van der Waals surface area contributed by atoms with Crippen LogP contribution >= 0.6 is 12.4 Å². The summed E-state index contributed by atoms with van der Waals surface area (Å²) in [5, 5.41) is 9.89. The molecule has 0 unspecified atom stereocenters. The van der Waals surface area contributed by atoms with E-state index in [0.717, 1.165) is 23.6 Å². The van der Waals surface area contributed by atoms with Crippen LogP contribution in [-0.2, 0) is 11.3 Å². The third-order valence-corrected chi connectivity index (χ3v) is 4.66. The SMILES string of the molecule is Cl.NCc1nc(-c2ccc(NC(=O)CCC3CCCCC3)cc2)n[nH]1. The number of anilines is 1. The van der Waals surface area contributed by atoms with Crippen molar-refractivity contribution in [3.8, 4) is 11.4 Å². The molecule has 2 aromatic rings. The van der Waals surface area contributed by atoms with Gasteiger partial charge in [0.05, 0.1) is 6.54 Å². The maximum Gasteiger partial charge on any atom is 0.224 e. The number of hydrogen-bond acceptors (Lipinski definition) is 4. The molecule has 0 bridgehead atoms. The molecule has 7 heteroatoms. The summed E-state index contributed by atoms with van der Waals surface area (Å²) in [7, 11) is 0. The molecule has 25 heavy (non-hydrogen) atoms. The number of carbonyl (C=O) groups excluding carboxylic acids is 1. The van der Waals surface area contributed by atoms with Crippen molar-refractivity contribution in [2.75, 3.05) is 5.32 Å². The van der Waals surface area contributed by atoms with Gasteiger partial charge < -0.3 is 11.1 Å². The standard InChI is InChI=1S/C18H25N5O.ClH/c19-12-16-21-18(23-22-16)14-7-9-15(10-8-14)20-17(24)11-6-13-4-2-1-3-5-13;/h7-10,13H,1-6,11-12,19H2,(H,20,24)(H,21,22,23);1H. The first-order valence-electron chi connectivity index (χ1n) is 8.76. The zero-order valence-electron chi connectivity index (χ0n) is 14.3. The summed E-state index contributed by atoms with van der Waals surface area (Å²) in [6.07, 6.45) is 8.16. The third-order valence-electron chi connectivity index (χ3n) is 4.66. The number of benzene rings is 1. The molecule has 136 valence electrons. The first kappa shape index (κ1) is 19.4. The molecule has 1 aliphatic carbocycles. The van der Waals surface area contributed by atoms with E-state index in [0.29, 0.717) is 24.6 Å². The predicted octanol–water partition coefficient (Wildman–Crippen LogP) is 3.65. The Bertz CT molecular complexity index is 664. The van der Waals surface area contributed by atoms with Gasteiger partial charge >= 0.3 is 0 Å². The van der Waals surface area contributed by atoms with E-state index in [-0.39, 0.29) is 18.3 Å². The normalized spacial score (nSPS) is 14.8. The lowest BCUT2D eigenvalue weighted by molar-refractivity contribution is -0.116.